The molecular formula is C36H33F3N4O5S. The van der Waals surface area contributed by atoms with Gasteiger partial charge in [0.1, 0.15) is 5.60 Å². The molecule has 1 saturated heterocycles. The van der Waals surface area contributed by atoms with Gasteiger partial charge in [-0.15, -0.1) is 0 Å². The molecule has 0 aromatic heterocycles. The van der Waals surface area contributed by atoms with E-state index < -0.39 is 44.8 Å². The van der Waals surface area contributed by atoms with Crippen molar-refractivity contribution in [3.63, 3.8) is 0 Å². The molecule has 0 aliphatic carbocycles. The fourth-order valence-electron chi connectivity index (χ4n) is 6.08. The maximum absolute atomic E-state index is 14.0. The molecular weight excluding hydrogens is 657 g/mol. The van der Waals surface area contributed by atoms with Gasteiger partial charge in [-0.2, -0.15) is 22.7 Å². The number of hydrogen-bond donors (Lipinski definition) is 3. The monoisotopic (exact) mass is 690 g/mol. The van der Waals surface area contributed by atoms with Gasteiger partial charge >= 0.3 is 6.18 Å². The molecule has 4 aromatic carbocycles. The van der Waals surface area contributed by atoms with Crippen molar-refractivity contribution in [1.29, 1.82) is 5.26 Å². The summed E-state index contributed by atoms with van der Waals surface area (Å²) in [5, 5.41) is 26.4. The molecule has 0 saturated carbocycles. The van der Waals surface area contributed by atoms with E-state index in [4.69, 9.17) is 0 Å². The number of piperidine rings is 1. The number of sulfonamides is 1. The minimum Gasteiger partial charge on any atom is -0.379 e. The molecule has 0 bridgehead atoms. The van der Waals surface area contributed by atoms with Gasteiger partial charge in [-0.1, -0.05) is 54.6 Å². The number of halogens is 3. The standard InChI is InChI=1S/C36H33F3N4O5S/c1-41-33(44)27-10-6-9-26(20-27)25-8-5-7-24(19-25)22-35(46,34(45)42-30-14-13-28(23-40)32(21-30)36(37,38)39)29-15-17-43(18-16-29)49(47,48)31-11-3-2-4-12-31/h2-14,19-21,29,46H,15-18,22H2,1H3,(H,41,44)(H,42,45). The van der Waals surface area contributed by atoms with Gasteiger partial charge in [0.05, 0.1) is 22.1 Å². The smallest absolute Gasteiger partial charge is 0.379 e. The van der Waals surface area contributed by atoms with Crippen molar-refractivity contribution in [2.45, 2.75) is 35.9 Å². The van der Waals surface area contributed by atoms with E-state index in [2.05, 4.69) is 10.6 Å². The Balaban J connectivity index is 1.47. The van der Waals surface area contributed by atoms with E-state index in [0.717, 1.165) is 12.1 Å². The Labute approximate surface area is 282 Å². The molecule has 1 heterocycles. The highest BCUT2D eigenvalue weighted by atomic mass is 32.2. The third-order valence-electron chi connectivity index (χ3n) is 8.69. The van der Waals surface area contributed by atoms with Crippen LogP contribution in [0.5, 0.6) is 0 Å². The van der Waals surface area contributed by atoms with Crippen LogP contribution in [0.2, 0.25) is 0 Å². The number of nitrogens with zero attached hydrogens (tertiary/aromatic N) is 2. The van der Waals surface area contributed by atoms with E-state index >= 15 is 0 Å². The molecule has 13 heteroatoms. The maximum atomic E-state index is 14.0. The first-order valence-corrected chi connectivity index (χ1v) is 16.8. The van der Waals surface area contributed by atoms with Crippen LogP contribution in [-0.2, 0) is 27.4 Å². The second-order valence-corrected chi connectivity index (χ2v) is 13.7. The molecule has 49 heavy (non-hydrogen) atoms. The summed E-state index contributed by atoms with van der Waals surface area (Å²) in [7, 11) is -2.32. The van der Waals surface area contributed by atoms with Crippen LogP contribution in [0.25, 0.3) is 11.1 Å². The Morgan fingerprint density at radius 3 is 2.20 bits per heavy atom. The first kappa shape index (κ1) is 35.3. The Kier molecular flexibility index (Phi) is 10.2. The Bertz CT molecular complexity index is 2010. The van der Waals surface area contributed by atoms with Crippen molar-refractivity contribution in [1.82, 2.24) is 9.62 Å². The molecule has 1 fully saturated rings. The van der Waals surface area contributed by atoms with Crippen molar-refractivity contribution in [3.05, 3.63) is 119 Å². The molecule has 4 aromatic rings. The number of anilines is 1. The van der Waals surface area contributed by atoms with Crippen LogP contribution >= 0.6 is 0 Å². The normalized spacial score (nSPS) is 15.5. The van der Waals surface area contributed by atoms with Crippen molar-refractivity contribution >= 4 is 27.5 Å². The largest absolute Gasteiger partial charge is 0.417 e. The first-order chi connectivity index (χ1) is 23.3. The van der Waals surface area contributed by atoms with Gasteiger partial charge in [-0.05, 0) is 77.9 Å². The Morgan fingerprint density at radius 1 is 0.918 bits per heavy atom. The number of benzene rings is 4. The number of nitrogens with one attached hydrogen (secondary N) is 2. The Morgan fingerprint density at radius 2 is 1.57 bits per heavy atom. The van der Waals surface area contributed by atoms with E-state index in [1.165, 1.54) is 29.6 Å². The lowest BCUT2D eigenvalue weighted by Crippen LogP contribution is -2.54. The van der Waals surface area contributed by atoms with E-state index in [0.29, 0.717) is 28.3 Å². The zero-order valence-electron chi connectivity index (χ0n) is 26.4. The average Bonchev–Trinajstić information content (AvgIpc) is 3.11. The molecule has 0 radical (unpaired) electrons. The molecule has 1 atom stereocenters. The second kappa shape index (κ2) is 14.2. The van der Waals surface area contributed by atoms with E-state index in [1.54, 1.807) is 66.7 Å². The lowest BCUT2D eigenvalue weighted by Gasteiger charge is -2.40. The van der Waals surface area contributed by atoms with Gasteiger partial charge < -0.3 is 15.7 Å². The number of carbonyl (C=O) groups excluding carboxylic acids is 2. The summed E-state index contributed by atoms with van der Waals surface area (Å²) < 4.78 is 68.9. The SMILES string of the molecule is CNC(=O)c1cccc(-c2cccc(CC(O)(C(=O)Nc3ccc(C#N)c(C(F)(F)F)c3)C3CCN(S(=O)(=O)c4ccccc4)CC3)c2)c1. The van der Waals surface area contributed by atoms with E-state index in [1.807, 2.05) is 0 Å². The van der Waals surface area contributed by atoms with Crippen molar-refractivity contribution in [3.8, 4) is 17.2 Å². The topological polar surface area (TPSA) is 140 Å². The van der Waals surface area contributed by atoms with Crippen LogP contribution in [0.15, 0.2) is 102 Å². The predicted molar refractivity (Wildman–Crippen MR) is 177 cm³/mol. The number of alkyl halides is 3. The number of nitriles is 1. The molecule has 5 rings (SSSR count). The van der Waals surface area contributed by atoms with Gasteiger partial charge in [0, 0.05) is 37.8 Å². The number of carbonyl (C=O) groups is 2. The number of amides is 2. The van der Waals surface area contributed by atoms with Gasteiger partial charge in [-0.3, -0.25) is 9.59 Å². The first-order valence-electron chi connectivity index (χ1n) is 15.4. The van der Waals surface area contributed by atoms with Gasteiger partial charge in [0.2, 0.25) is 10.0 Å². The predicted octanol–water partition coefficient (Wildman–Crippen LogP) is 5.62. The number of aliphatic hydroxyl groups is 1. The minimum atomic E-state index is -4.87. The summed E-state index contributed by atoms with van der Waals surface area (Å²) in [5.41, 5.74) is -1.96. The summed E-state index contributed by atoms with van der Waals surface area (Å²) in [6.07, 6.45) is -4.94. The van der Waals surface area contributed by atoms with Crippen molar-refractivity contribution < 1.29 is 36.3 Å². The lowest BCUT2D eigenvalue weighted by molar-refractivity contribution is -0.142. The molecule has 0 spiro atoms. The van der Waals surface area contributed by atoms with E-state index in [-0.39, 0.29) is 48.8 Å². The van der Waals surface area contributed by atoms with Crippen LogP contribution in [0.3, 0.4) is 0 Å². The van der Waals surface area contributed by atoms with Crippen LogP contribution < -0.4 is 10.6 Å². The zero-order valence-corrected chi connectivity index (χ0v) is 27.2. The van der Waals surface area contributed by atoms with Crippen LogP contribution in [-0.4, -0.2) is 55.4 Å². The number of rotatable bonds is 9. The summed E-state index contributed by atoms with van der Waals surface area (Å²) >= 11 is 0. The van der Waals surface area contributed by atoms with Crippen molar-refractivity contribution in [2.75, 3.05) is 25.5 Å². The summed E-state index contributed by atoms with van der Waals surface area (Å²) in [4.78, 5) is 26.3. The van der Waals surface area contributed by atoms with Gasteiger partial charge in [0.15, 0.2) is 0 Å². The minimum absolute atomic E-state index is 0.00109. The summed E-state index contributed by atoms with van der Waals surface area (Å²) in [6.45, 7) is -0.00219. The fourth-order valence-corrected chi connectivity index (χ4v) is 7.57. The quantitative estimate of drug-likeness (QED) is 0.209. The molecule has 3 N–H and O–H groups in total. The fraction of sp³-hybridized carbons (Fsp3) is 0.250. The third kappa shape index (κ3) is 7.67. The Hall–Kier alpha value is -5.03. The van der Waals surface area contributed by atoms with Crippen LogP contribution in [0.4, 0.5) is 18.9 Å². The average molecular weight is 691 g/mol. The lowest BCUT2D eigenvalue weighted by atomic mass is 9.76. The number of hydrogen-bond acceptors (Lipinski definition) is 6. The summed E-state index contributed by atoms with van der Waals surface area (Å²) in [6, 6.07) is 26.0. The molecule has 1 unspecified atom stereocenters. The highest BCUT2D eigenvalue weighted by molar-refractivity contribution is 7.89. The second-order valence-electron chi connectivity index (χ2n) is 11.8. The molecule has 2 amide bonds. The zero-order chi connectivity index (χ0) is 35.4. The highest BCUT2D eigenvalue weighted by Gasteiger charge is 2.46. The highest BCUT2D eigenvalue weighted by Crippen LogP contribution is 2.37. The van der Waals surface area contributed by atoms with Gasteiger partial charge in [-0.25, -0.2) is 8.42 Å². The maximum Gasteiger partial charge on any atom is 0.417 e. The molecule has 1 aliphatic rings. The van der Waals surface area contributed by atoms with Crippen LogP contribution in [0, 0.1) is 17.2 Å². The van der Waals surface area contributed by atoms with Crippen molar-refractivity contribution in [2.24, 2.45) is 5.92 Å². The molecule has 1 aliphatic heterocycles. The molecule has 254 valence electrons. The molecule has 9 nitrogen and oxygen atoms in total. The van der Waals surface area contributed by atoms with Crippen LogP contribution in [0.1, 0.15) is 39.9 Å². The third-order valence-corrected chi connectivity index (χ3v) is 10.6. The van der Waals surface area contributed by atoms with E-state index in [9.17, 15) is 41.5 Å². The summed E-state index contributed by atoms with van der Waals surface area (Å²) in [5.74, 6) is -2.03. The van der Waals surface area contributed by atoms with Gasteiger partial charge in [0.25, 0.3) is 11.8 Å².